The number of nitriles is 1. The third-order valence-corrected chi connectivity index (χ3v) is 6.51. The van der Waals surface area contributed by atoms with Gasteiger partial charge in [-0.05, 0) is 60.6 Å². The number of rotatable bonds is 6. The molecule has 33 heavy (non-hydrogen) atoms. The van der Waals surface area contributed by atoms with Gasteiger partial charge in [-0.2, -0.15) is 10.4 Å². The number of nitrogens with zero attached hydrogens (tertiary/aromatic N) is 4. The molecule has 1 aliphatic carbocycles. The lowest BCUT2D eigenvalue weighted by Gasteiger charge is -2.16. The van der Waals surface area contributed by atoms with Crippen LogP contribution >= 0.6 is 0 Å². The van der Waals surface area contributed by atoms with Gasteiger partial charge in [0.1, 0.15) is 11.6 Å². The van der Waals surface area contributed by atoms with Crippen molar-refractivity contribution in [3.63, 3.8) is 0 Å². The van der Waals surface area contributed by atoms with Gasteiger partial charge < -0.3 is 9.64 Å². The lowest BCUT2D eigenvalue weighted by atomic mass is 10.0. The minimum absolute atomic E-state index is 0.228. The summed E-state index contributed by atoms with van der Waals surface area (Å²) >= 11 is 0. The molecule has 1 saturated heterocycles. The molecule has 1 N–H and O–H groups in total. The normalized spacial score (nSPS) is 17.7. The largest absolute Gasteiger partial charge is 0.495 e. The second-order valence-electron chi connectivity index (χ2n) is 8.77. The van der Waals surface area contributed by atoms with E-state index < -0.39 is 0 Å². The van der Waals surface area contributed by atoms with Gasteiger partial charge in [0.25, 0.3) is 0 Å². The van der Waals surface area contributed by atoms with Crippen LogP contribution in [0.2, 0.25) is 0 Å². The highest BCUT2D eigenvalue weighted by molar-refractivity contribution is 5.81. The molecule has 1 saturated carbocycles. The number of hydrogen-bond acceptors (Lipinski definition) is 5. The molecule has 2 fully saturated rings. The molecule has 0 spiro atoms. The third-order valence-electron chi connectivity index (χ3n) is 6.51. The minimum Gasteiger partial charge on any atom is -0.495 e. The number of amides is 1. The molecule has 1 amide bonds. The van der Waals surface area contributed by atoms with Gasteiger partial charge in [-0.15, -0.1) is 0 Å². The van der Waals surface area contributed by atoms with Crippen molar-refractivity contribution in [2.24, 2.45) is 11.8 Å². The predicted octanol–water partition coefficient (Wildman–Crippen LogP) is 2.91. The predicted molar refractivity (Wildman–Crippen MR) is 122 cm³/mol. The first-order valence-corrected chi connectivity index (χ1v) is 11.2. The SMILES string of the molecule is COc1cc(-c2ccc(C#N)cc2)ccc1-n1c(C[C@@H]2CCN(C(=O)C3CC3)C2)n[nH]c1=O. The van der Waals surface area contributed by atoms with E-state index in [1.807, 2.05) is 35.2 Å². The van der Waals surface area contributed by atoms with Crippen molar-refractivity contribution < 1.29 is 9.53 Å². The fraction of sp³-hybridized carbons (Fsp3) is 0.360. The zero-order valence-corrected chi connectivity index (χ0v) is 18.5. The van der Waals surface area contributed by atoms with Gasteiger partial charge in [0, 0.05) is 25.4 Å². The van der Waals surface area contributed by atoms with E-state index in [2.05, 4.69) is 16.3 Å². The van der Waals surface area contributed by atoms with Gasteiger partial charge in [-0.1, -0.05) is 18.2 Å². The second-order valence-corrected chi connectivity index (χ2v) is 8.77. The van der Waals surface area contributed by atoms with Gasteiger partial charge in [-0.25, -0.2) is 14.5 Å². The molecule has 8 nitrogen and oxygen atoms in total. The van der Waals surface area contributed by atoms with E-state index in [1.54, 1.807) is 23.8 Å². The molecule has 3 aromatic rings. The Balaban J connectivity index is 1.40. The van der Waals surface area contributed by atoms with Crippen LogP contribution in [-0.2, 0) is 11.2 Å². The highest BCUT2D eigenvalue weighted by atomic mass is 16.5. The van der Waals surface area contributed by atoms with E-state index in [0.29, 0.717) is 35.8 Å². The molecular formula is C25H25N5O3. The summed E-state index contributed by atoms with van der Waals surface area (Å²) in [7, 11) is 1.57. The third kappa shape index (κ3) is 4.14. The highest BCUT2D eigenvalue weighted by Gasteiger charge is 2.37. The molecule has 1 aromatic heterocycles. The van der Waals surface area contributed by atoms with Gasteiger partial charge >= 0.3 is 5.69 Å². The number of methoxy groups -OCH3 is 1. The molecular weight excluding hydrogens is 418 g/mol. The van der Waals surface area contributed by atoms with Crippen molar-refractivity contribution in [1.29, 1.82) is 5.26 Å². The molecule has 1 atom stereocenters. The Morgan fingerprint density at radius 1 is 1.18 bits per heavy atom. The lowest BCUT2D eigenvalue weighted by molar-refractivity contribution is -0.131. The number of H-pyrrole nitrogens is 1. The number of benzene rings is 2. The topological polar surface area (TPSA) is 104 Å². The molecule has 2 aromatic carbocycles. The summed E-state index contributed by atoms with van der Waals surface area (Å²) in [5.74, 6) is 1.96. The molecule has 168 valence electrons. The van der Waals surface area contributed by atoms with Crippen molar-refractivity contribution in [1.82, 2.24) is 19.7 Å². The van der Waals surface area contributed by atoms with Crippen molar-refractivity contribution in [2.75, 3.05) is 20.2 Å². The summed E-state index contributed by atoms with van der Waals surface area (Å²) in [6.45, 7) is 1.49. The number of aromatic amines is 1. The van der Waals surface area contributed by atoms with Crippen molar-refractivity contribution in [3.8, 4) is 28.6 Å². The number of nitrogens with one attached hydrogen (secondary N) is 1. The van der Waals surface area contributed by atoms with Crippen LogP contribution in [0.25, 0.3) is 16.8 Å². The van der Waals surface area contributed by atoms with E-state index in [1.165, 1.54) is 0 Å². The van der Waals surface area contributed by atoms with E-state index in [0.717, 1.165) is 36.9 Å². The van der Waals surface area contributed by atoms with E-state index in [4.69, 9.17) is 10.00 Å². The molecule has 0 radical (unpaired) electrons. The van der Waals surface area contributed by atoms with Gasteiger partial charge in [0.2, 0.25) is 5.91 Å². The van der Waals surface area contributed by atoms with E-state index in [-0.39, 0.29) is 23.4 Å². The standard InChI is InChI=1S/C25H25N5O3/c1-33-22-13-20(18-4-2-16(14-26)3-5-18)8-9-21(22)30-23(27-28-25(30)32)12-17-10-11-29(15-17)24(31)19-6-7-19/h2-5,8-9,13,17,19H,6-7,10-12,15H2,1H3,(H,28,32)/t17-/m0/s1. The summed E-state index contributed by atoms with van der Waals surface area (Å²) in [6, 6.07) is 15.1. The van der Waals surface area contributed by atoms with Crippen LogP contribution in [0.15, 0.2) is 47.3 Å². The van der Waals surface area contributed by atoms with E-state index in [9.17, 15) is 9.59 Å². The first kappa shape index (κ1) is 21.0. The first-order valence-electron chi connectivity index (χ1n) is 11.2. The number of aromatic nitrogens is 3. The average molecular weight is 444 g/mol. The van der Waals surface area contributed by atoms with Crippen LogP contribution in [0.1, 0.15) is 30.7 Å². The van der Waals surface area contributed by atoms with Crippen LogP contribution in [-0.4, -0.2) is 45.8 Å². The molecule has 1 aliphatic heterocycles. The quantitative estimate of drug-likeness (QED) is 0.631. The molecule has 2 heterocycles. The van der Waals surface area contributed by atoms with Crippen molar-refractivity contribution in [3.05, 3.63) is 64.3 Å². The summed E-state index contributed by atoms with van der Waals surface area (Å²) < 4.78 is 7.19. The Bertz CT molecular complexity index is 1280. The maximum absolute atomic E-state index is 12.7. The van der Waals surface area contributed by atoms with Crippen LogP contribution < -0.4 is 10.4 Å². The molecule has 0 unspecified atom stereocenters. The van der Waals surface area contributed by atoms with Gasteiger partial charge in [0.05, 0.1) is 24.4 Å². The fourth-order valence-corrected chi connectivity index (χ4v) is 4.54. The van der Waals surface area contributed by atoms with Crippen LogP contribution in [0, 0.1) is 23.2 Å². The summed E-state index contributed by atoms with van der Waals surface area (Å²) in [5.41, 5.74) is 2.76. The monoisotopic (exact) mass is 443 g/mol. The second kappa shape index (κ2) is 8.58. The molecule has 2 aliphatic rings. The minimum atomic E-state index is -0.321. The number of carbonyl (C=O) groups excluding carboxylic acids is 1. The maximum atomic E-state index is 12.7. The summed E-state index contributed by atoms with van der Waals surface area (Å²) in [6.07, 6.45) is 3.54. The zero-order valence-electron chi connectivity index (χ0n) is 18.5. The smallest absolute Gasteiger partial charge is 0.348 e. The Kier molecular flexibility index (Phi) is 5.47. The summed E-state index contributed by atoms with van der Waals surface area (Å²) in [5, 5.41) is 15.9. The highest BCUT2D eigenvalue weighted by Crippen LogP contribution is 2.34. The first-order chi connectivity index (χ1) is 16.1. The Labute approximate surface area is 191 Å². The summed E-state index contributed by atoms with van der Waals surface area (Å²) in [4.78, 5) is 27.0. The molecule has 0 bridgehead atoms. The fourth-order valence-electron chi connectivity index (χ4n) is 4.54. The Morgan fingerprint density at radius 3 is 2.64 bits per heavy atom. The zero-order chi connectivity index (χ0) is 22.9. The number of hydrogen-bond donors (Lipinski definition) is 1. The van der Waals surface area contributed by atoms with Gasteiger partial charge in [-0.3, -0.25) is 4.79 Å². The van der Waals surface area contributed by atoms with Crippen LogP contribution in [0.3, 0.4) is 0 Å². The Hall–Kier alpha value is -3.86. The van der Waals surface area contributed by atoms with Crippen molar-refractivity contribution in [2.45, 2.75) is 25.7 Å². The Morgan fingerprint density at radius 2 is 1.94 bits per heavy atom. The number of ether oxygens (including phenoxy) is 1. The van der Waals surface area contributed by atoms with E-state index >= 15 is 0 Å². The number of likely N-dealkylation sites (tertiary alicyclic amines) is 1. The number of carbonyl (C=O) groups is 1. The maximum Gasteiger partial charge on any atom is 0.348 e. The average Bonchev–Trinajstić information content (AvgIpc) is 3.50. The van der Waals surface area contributed by atoms with Crippen molar-refractivity contribution >= 4 is 5.91 Å². The lowest BCUT2D eigenvalue weighted by Crippen LogP contribution is -2.30. The molecule has 8 heteroatoms. The van der Waals surface area contributed by atoms with Gasteiger partial charge in [0.15, 0.2) is 0 Å². The molecule has 5 rings (SSSR count). The van der Waals surface area contributed by atoms with Crippen LogP contribution in [0.4, 0.5) is 0 Å². The van der Waals surface area contributed by atoms with Crippen LogP contribution in [0.5, 0.6) is 5.75 Å².